The van der Waals surface area contributed by atoms with E-state index in [9.17, 15) is 4.79 Å². The molecule has 0 saturated heterocycles. The average molecular weight is 299 g/mol. The summed E-state index contributed by atoms with van der Waals surface area (Å²) in [4.78, 5) is 12.2. The van der Waals surface area contributed by atoms with Gasteiger partial charge in [0, 0.05) is 31.4 Å². The normalized spacial score (nSPS) is 10.2. The van der Waals surface area contributed by atoms with Crippen molar-refractivity contribution in [1.82, 2.24) is 5.32 Å². The predicted molar refractivity (Wildman–Crippen MR) is 86.0 cm³/mol. The Bertz CT molecular complexity index is 584. The fraction of sp³-hybridized carbons (Fsp3) is 0.278. The Morgan fingerprint density at radius 3 is 2.55 bits per heavy atom. The Kier molecular flexibility index (Phi) is 6.45. The Balaban J connectivity index is 1.95. The van der Waals surface area contributed by atoms with Crippen LogP contribution in [0.2, 0.25) is 0 Å². The van der Waals surface area contributed by atoms with Gasteiger partial charge in [0.1, 0.15) is 12.4 Å². The molecule has 0 aliphatic heterocycles. The number of amides is 1. The highest BCUT2D eigenvalue weighted by Gasteiger charge is 2.10. The largest absolute Gasteiger partial charge is 0.489 e. The Morgan fingerprint density at radius 2 is 1.77 bits per heavy atom. The second-order valence-corrected chi connectivity index (χ2v) is 4.86. The molecule has 0 radical (unpaired) electrons. The van der Waals surface area contributed by atoms with Crippen molar-refractivity contribution in [2.24, 2.45) is 0 Å². The van der Waals surface area contributed by atoms with Gasteiger partial charge in [0.05, 0.1) is 0 Å². The van der Waals surface area contributed by atoms with Gasteiger partial charge in [-0.15, -0.1) is 0 Å². The lowest BCUT2D eigenvalue weighted by atomic mass is 10.1. The van der Waals surface area contributed by atoms with E-state index < -0.39 is 0 Å². The number of ether oxygens (including phenoxy) is 2. The lowest BCUT2D eigenvalue weighted by Crippen LogP contribution is -2.26. The van der Waals surface area contributed by atoms with E-state index >= 15 is 0 Å². The maximum atomic E-state index is 12.2. The topological polar surface area (TPSA) is 47.6 Å². The minimum atomic E-state index is -0.0802. The van der Waals surface area contributed by atoms with Crippen LogP contribution in [0.1, 0.15) is 22.3 Å². The number of carbonyl (C=O) groups excluding carboxylic acids is 1. The van der Waals surface area contributed by atoms with Crippen LogP contribution in [0.3, 0.4) is 0 Å². The molecule has 2 aromatic rings. The standard InChI is InChI=1S/C18H21NO3/c1-21-13-7-12-19-18(20)17-11-6-5-8-15(17)14-22-16-9-3-2-4-10-16/h2-6,8-11H,7,12-14H2,1H3,(H,19,20). The number of carbonyl (C=O) groups is 1. The number of para-hydroxylation sites is 1. The van der Waals surface area contributed by atoms with Crippen LogP contribution < -0.4 is 10.1 Å². The minimum Gasteiger partial charge on any atom is -0.489 e. The molecule has 0 bridgehead atoms. The van der Waals surface area contributed by atoms with Gasteiger partial charge in [-0.1, -0.05) is 36.4 Å². The lowest BCUT2D eigenvalue weighted by Gasteiger charge is -2.11. The molecular weight excluding hydrogens is 278 g/mol. The highest BCUT2D eigenvalue weighted by molar-refractivity contribution is 5.95. The number of rotatable bonds is 8. The molecule has 4 heteroatoms. The molecule has 1 N–H and O–H groups in total. The third-order valence-electron chi connectivity index (χ3n) is 3.21. The van der Waals surface area contributed by atoms with Gasteiger partial charge in [0.15, 0.2) is 0 Å². The van der Waals surface area contributed by atoms with Gasteiger partial charge in [-0.3, -0.25) is 4.79 Å². The van der Waals surface area contributed by atoms with Crippen molar-refractivity contribution in [2.45, 2.75) is 13.0 Å². The van der Waals surface area contributed by atoms with E-state index in [1.165, 1.54) is 0 Å². The van der Waals surface area contributed by atoms with Crippen LogP contribution in [0.5, 0.6) is 5.75 Å². The molecule has 22 heavy (non-hydrogen) atoms. The molecule has 4 nitrogen and oxygen atoms in total. The molecule has 0 aromatic heterocycles. The summed E-state index contributed by atoms with van der Waals surface area (Å²) in [5, 5.41) is 2.90. The fourth-order valence-corrected chi connectivity index (χ4v) is 2.06. The molecule has 0 unspecified atom stereocenters. The number of benzene rings is 2. The Labute approximate surface area is 131 Å². The zero-order chi connectivity index (χ0) is 15.6. The number of hydrogen-bond acceptors (Lipinski definition) is 3. The second-order valence-electron chi connectivity index (χ2n) is 4.86. The molecule has 0 aliphatic rings. The van der Waals surface area contributed by atoms with Gasteiger partial charge in [0.2, 0.25) is 0 Å². The van der Waals surface area contributed by atoms with Crippen molar-refractivity contribution in [2.75, 3.05) is 20.3 Å². The third-order valence-corrected chi connectivity index (χ3v) is 3.21. The zero-order valence-electron chi connectivity index (χ0n) is 12.7. The summed E-state index contributed by atoms with van der Waals surface area (Å²) in [5.74, 6) is 0.709. The van der Waals surface area contributed by atoms with Crippen LogP contribution in [0, 0.1) is 0 Å². The summed E-state index contributed by atoms with van der Waals surface area (Å²) in [7, 11) is 1.65. The number of hydrogen-bond donors (Lipinski definition) is 1. The molecule has 0 fully saturated rings. The van der Waals surface area contributed by atoms with Gasteiger partial charge in [-0.2, -0.15) is 0 Å². The van der Waals surface area contributed by atoms with E-state index in [0.29, 0.717) is 25.3 Å². The molecule has 0 atom stereocenters. The van der Waals surface area contributed by atoms with Gasteiger partial charge in [-0.25, -0.2) is 0 Å². The first-order valence-electron chi connectivity index (χ1n) is 7.34. The lowest BCUT2D eigenvalue weighted by molar-refractivity contribution is 0.0946. The van der Waals surface area contributed by atoms with E-state index in [-0.39, 0.29) is 5.91 Å². The van der Waals surface area contributed by atoms with Gasteiger partial charge in [0.25, 0.3) is 5.91 Å². The zero-order valence-corrected chi connectivity index (χ0v) is 12.7. The molecule has 0 aliphatic carbocycles. The van der Waals surface area contributed by atoms with Crippen molar-refractivity contribution < 1.29 is 14.3 Å². The first-order chi connectivity index (χ1) is 10.8. The van der Waals surface area contributed by atoms with Gasteiger partial charge >= 0.3 is 0 Å². The molecule has 116 valence electrons. The van der Waals surface area contributed by atoms with E-state index in [2.05, 4.69) is 5.32 Å². The maximum absolute atomic E-state index is 12.2. The molecule has 1 amide bonds. The van der Waals surface area contributed by atoms with Crippen LogP contribution in [-0.2, 0) is 11.3 Å². The molecule has 0 spiro atoms. The third kappa shape index (κ3) is 4.90. The summed E-state index contributed by atoms with van der Waals surface area (Å²) in [6.07, 6.45) is 0.797. The van der Waals surface area contributed by atoms with Crippen molar-refractivity contribution in [1.29, 1.82) is 0 Å². The van der Waals surface area contributed by atoms with Crippen LogP contribution in [0.4, 0.5) is 0 Å². The van der Waals surface area contributed by atoms with Crippen molar-refractivity contribution in [3.05, 3.63) is 65.7 Å². The summed E-state index contributed by atoms with van der Waals surface area (Å²) < 4.78 is 10.7. The van der Waals surface area contributed by atoms with Crippen LogP contribution in [0.15, 0.2) is 54.6 Å². The van der Waals surface area contributed by atoms with Crippen LogP contribution in [0.25, 0.3) is 0 Å². The summed E-state index contributed by atoms with van der Waals surface area (Å²) in [6.45, 7) is 1.60. The van der Waals surface area contributed by atoms with Crippen molar-refractivity contribution in [3.63, 3.8) is 0 Å². The first kappa shape index (κ1) is 16.0. The van der Waals surface area contributed by atoms with Crippen LogP contribution in [-0.4, -0.2) is 26.2 Å². The van der Waals surface area contributed by atoms with Crippen molar-refractivity contribution >= 4 is 5.91 Å². The average Bonchev–Trinajstić information content (AvgIpc) is 2.58. The second kappa shape index (κ2) is 8.85. The van der Waals surface area contributed by atoms with E-state index in [4.69, 9.17) is 9.47 Å². The van der Waals surface area contributed by atoms with E-state index in [0.717, 1.165) is 17.7 Å². The monoisotopic (exact) mass is 299 g/mol. The first-order valence-corrected chi connectivity index (χ1v) is 7.34. The van der Waals surface area contributed by atoms with Crippen LogP contribution >= 0.6 is 0 Å². The maximum Gasteiger partial charge on any atom is 0.251 e. The number of nitrogens with one attached hydrogen (secondary N) is 1. The smallest absolute Gasteiger partial charge is 0.251 e. The number of methoxy groups -OCH3 is 1. The minimum absolute atomic E-state index is 0.0802. The molecule has 0 heterocycles. The van der Waals surface area contributed by atoms with Gasteiger partial charge < -0.3 is 14.8 Å². The van der Waals surface area contributed by atoms with E-state index in [1.54, 1.807) is 7.11 Å². The molecule has 2 aromatic carbocycles. The molecular formula is C18H21NO3. The quantitative estimate of drug-likeness (QED) is 0.762. The summed E-state index contributed by atoms with van der Waals surface area (Å²) >= 11 is 0. The molecule has 0 saturated carbocycles. The Morgan fingerprint density at radius 1 is 1.05 bits per heavy atom. The summed E-state index contributed by atoms with van der Waals surface area (Å²) in [5.41, 5.74) is 1.52. The summed E-state index contributed by atoms with van der Waals surface area (Å²) in [6, 6.07) is 17.1. The molecule has 2 rings (SSSR count). The van der Waals surface area contributed by atoms with Gasteiger partial charge in [-0.05, 0) is 24.6 Å². The van der Waals surface area contributed by atoms with E-state index in [1.807, 2.05) is 54.6 Å². The SMILES string of the molecule is COCCCNC(=O)c1ccccc1COc1ccccc1. The fourth-order valence-electron chi connectivity index (χ4n) is 2.06. The van der Waals surface area contributed by atoms with Crippen molar-refractivity contribution in [3.8, 4) is 5.75 Å². The highest BCUT2D eigenvalue weighted by atomic mass is 16.5. The Hall–Kier alpha value is -2.33. The highest BCUT2D eigenvalue weighted by Crippen LogP contribution is 2.14. The predicted octanol–water partition coefficient (Wildman–Crippen LogP) is 3.03.